The van der Waals surface area contributed by atoms with Crippen LogP contribution in [0.25, 0.3) is 0 Å². The summed E-state index contributed by atoms with van der Waals surface area (Å²) in [6.07, 6.45) is 2.92. The summed E-state index contributed by atoms with van der Waals surface area (Å²) in [7, 11) is 0. The maximum absolute atomic E-state index is 12.1. The molecule has 1 aliphatic carbocycles. The number of hydrogen-bond donors (Lipinski definition) is 1. The summed E-state index contributed by atoms with van der Waals surface area (Å²) in [4.78, 5) is 12.1. The summed E-state index contributed by atoms with van der Waals surface area (Å²) in [5, 5.41) is 3.42. The Morgan fingerprint density at radius 1 is 1.42 bits per heavy atom. The first-order valence-electron chi connectivity index (χ1n) is 7.41. The molecule has 0 amide bonds. The van der Waals surface area contributed by atoms with Crippen LogP contribution in [0.4, 0.5) is 0 Å². The van der Waals surface area contributed by atoms with Crippen molar-refractivity contribution in [1.29, 1.82) is 0 Å². The van der Waals surface area contributed by atoms with Crippen molar-refractivity contribution in [2.24, 2.45) is 11.3 Å². The molecular weight excluding hydrogens is 238 g/mol. The third kappa shape index (κ3) is 4.55. The first kappa shape index (κ1) is 16.1. The lowest BCUT2D eigenvalue weighted by Crippen LogP contribution is -2.33. The van der Waals surface area contributed by atoms with E-state index in [1.807, 2.05) is 6.92 Å². The lowest BCUT2D eigenvalue weighted by molar-refractivity contribution is -0.139. The number of allylic oxidation sites excluding steroid dienone is 1. The minimum atomic E-state index is -0.139. The summed E-state index contributed by atoms with van der Waals surface area (Å²) >= 11 is 0. The summed E-state index contributed by atoms with van der Waals surface area (Å²) in [5.41, 5.74) is 2.19. The van der Waals surface area contributed by atoms with E-state index in [9.17, 15) is 4.79 Å². The highest BCUT2D eigenvalue weighted by atomic mass is 16.5. The van der Waals surface area contributed by atoms with Crippen molar-refractivity contribution in [2.45, 2.75) is 66.8 Å². The molecule has 0 bridgehead atoms. The molecule has 1 aliphatic rings. The fraction of sp³-hybridized carbons (Fsp3) is 0.812. The van der Waals surface area contributed by atoms with Gasteiger partial charge in [-0.3, -0.25) is 0 Å². The molecule has 3 heteroatoms. The number of carbonyl (C=O) groups is 1. The number of nitrogens with one attached hydrogen (secondary N) is 1. The van der Waals surface area contributed by atoms with Gasteiger partial charge in [-0.05, 0) is 51.4 Å². The van der Waals surface area contributed by atoms with Gasteiger partial charge in [0.2, 0.25) is 0 Å². The van der Waals surface area contributed by atoms with Gasteiger partial charge >= 0.3 is 5.97 Å². The summed E-state index contributed by atoms with van der Waals surface area (Å²) in [5.74, 6) is 0.407. The average Bonchev–Trinajstić information content (AvgIpc) is 2.27. The Kier molecular flexibility index (Phi) is 5.45. The van der Waals surface area contributed by atoms with E-state index in [4.69, 9.17) is 4.74 Å². The second kappa shape index (κ2) is 6.44. The molecule has 0 aliphatic heterocycles. The molecule has 0 fully saturated rings. The van der Waals surface area contributed by atoms with Crippen molar-refractivity contribution in [3.05, 3.63) is 11.3 Å². The Bertz CT molecular complexity index is 350. The van der Waals surface area contributed by atoms with Crippen LogP contribution in [0.2, 0.25) is 0 Å². The van der Waals surface area contributed by atoms with Crippen LogP contribution in [0.15, 0.2) is 11.3 Å². The van der Waals surface area contributed by atoms with E-state index in [-0.39, 0.29) is 11.4 Å². The van der Waals surface area contributed by atoms with Gasteiger partial charge in [-0.1, -0.05) is 20.8 Å². The lowest BCUT2D eigenvalue weighted by Gasteiger charge is -2.36. The highest BCUT2D eigenvalue weighted by molar-refractivity contribution is 5.89. The van der Waals surface area contributed by atoms with Gasteiger partial charge in [0.15, 0.2) is 0 Å². The second-order valence-corrected chi connectivity index (χ2v) is 6.78. The standard InChI is InChI=1S/C16H29NO2/c1-7-19-15(18)13-10-12(16(4,5)6)8-9-14(13)17-11(2)3/h11-12,17H,7-10H2,1-6H3. The third-order valence-electron chi connectivity index (χ3n) is 3.77. The molecule has 1 N–H and O–H groups in total. The molecule has 1 rings (SSSR count). The molecule has 0 saturated heterocycles. The number of rotatable bonds is 4. The van der Waals surface area contributed by atoms with Crippen LogP contribution in [-0.2, 0) is 9.53 Å². The first-order chi connectivity index (χ1) is 8.75. The molecule has 19 heavy (non-hydrogen) atoms. The highest BCUT2D eigenvalue weighted by Gasteiger charge is 2.33. The quantitative estimate of drug-likeness (QED) is 0.790. The average molecular weight is 267 g/mol. The Hall–Kier alpha value is -0.990. The topological polar surface area (TPSA) is 38.3 Å². The van der Waals surface area contributed by atoms with E-state index in [1.54, 1.807) is 0 Å². The maximum atomic E-state index is 12.1. The molecule has 0 aromatic rings. The summed E-state index contributed by atoms with van der Waals surface area (Å²) in [6.45, 7) is 13.3. The molecule has 0 radical (unpaired) electrons. The largest absolute Gasteiger partial charge is 0.463 e. The zero-order valence-electron chi connectivity index (χ0n) is 13.3. The second-order valence-electron chi connectivity index (χ2n) is 6.78. The molecule has 0 spiro atoms. The van der Waals surface area contributed by atoms with Crippen molar-refractivity contribution in [3.63, 3.8) is 0 Å². The zero-order valence-corrected chi connectivity index (χ0v) is 13.3. The van der Waals surface area contributed by atoms with E-state index in [0.29, 0.717) is 18.6 Å². The zero-order chi connectivity index (χ0) is 14.6. The van der Waals surface area contributed by atoms with E-state index in [2.05, 4.69) is 39.9 Å². The molecule has 1 unspecified atom stereocenters. The Labute approximate surface area is 117 Å². The minimum absolute atomic E-state index is 0.139. The minimum Gasteiger partial charge on any atom is -0.463 e. The van der Waals surface area contributed by atoms with Crippen LogP contribution in [0.5, 0.6) is 0 Å². The van der Waals surface area contributed by atoms with Crippen molar-refractivity contribution in [1.82, 2.24) is 5.32 Å². The van der Waals surface area contributed by atoms with Gasteiger partial charge < -0.3 is 10.1 Å². The maximum Gasteiger partial charge on any atom is 0.335 e. The Balaban J connectivity index is 2.95. The number of hydrogen-bond acceptors (Lipinski definition) is 3. The molecule has 110 valence electrons. The number of esters is 1. The van der Waals surface area contributed by atoms with Crippen molar-refractivity contribution in [3.8, 4) is 0 Å². The van der Waals surface area contributed by atoms with Crippen LogP contribution in [0.3, 0.4) is 0 Å². The Morgan fingerprint density at radius 2 is 2.05 bits per heavy atom. The van der Waals surface area contributed by atoms with Gasteiger partial charge in [0.05, 0.1) is 12.2 Å². The van der Waals surface area contributed by atoms with E-state index in [0.717, 1.165) is 30.5 Å². The highest BCUT2D eigenvalue weighted by Crippen LogP contribution is 2.40. The smallest absolute Gasteiger partial charge is 0.335 e. The van der Waals surface area contributed by atoms with Crippen molar-refractivity contribution >= 4 is 5.97 Å². The van der Waals surface area contributed by atoms with Crippen LogP contribution in [-0.4, -0.2) is 18.6 Å². The molecule has 3 nitrogen and oxygen atoms in total. The predicted octanol–water partition coefficient (Wildman–Crippen LogP) is 3.65. The number of carbonyl (C=O) groups excluding carboxylic acids is 1. The van der Waals surface area contributed by atoms with Crippen molar-refractivity contribution < 1.29 is 9.53 Å². The molecule has 0 aromatic carbocycles. The van der Waals surface area contributed by atoms with Gasteiger partial charge in [0.1, 0.15) is 0 Å². The van der Waals surface area contributed by atoms with E-state index >= 15 is 0 Å². The van der Waals surface area contributed by atoms with Gasteiger partial charge in [-0.15, -0.1) is 0 Å². The Morgan fingerprint density at radius 3 is 2.53 bits per heavy atom. The molecular formula is C16H29NO2. The predicted molar refractivity (Wildman–Crippen MR) is 78.7 cm³/mol. The van der Waals surface area contributed by atoms with Crippen LogP contribution in [0.1, 0.15) is 60.8 Å². The third-order valence-corrected chi connectivity index (χ3v) is 3.77. The monoisotopic (exact) mass is 267 g/mol. The van der Waals surface area contributed by atoms with Gasteiger partial charge in [-0.2, -0.15) is 0 Å². The molecule has 0 heterocycles. The van der Waals surface area contributed by atoms with E-state index in [1.165, 1.54) is 0 Å². The summed E-state index contributed by atoms with van der Waals surface area (Å²) < 4.78 is 5.22. The fourth-order valence-electron chi connectivity index (χ4n) is 2.61. The van der Waals surface area contributed by atoms with Crippen LogP contribution < -0.4 is 5.32 Å². The van der Waals surface area contributed by atoms with Crippen LogP contribution >= 0.6 is 0 Å². The SMILES string of the molecule is CCOC(=O)C1=C(NC(C)C)CCC(C(C)(C)C)C1. The fourth-order valence-corrected chi connectivity index (χ4v) is 2.61. The molecule has 0 saturated carbocycles. The van der Waals surface area contributed by atoms with Gasteiger partial charge in [0.25, 0.3) is 0 Å². The van der Waals surface area contributed by atoms with Crippen molar-refractivity contribution in [2.75, 3.05) is 6.61 Å². The van der Waals surface area contributed by atoms with Gasteiger partial charge in [-0.25, -0.2) is 4.79 Å². The molecule has 1 atom stereocenters. The van der Waals surface area contributed by atoms with E-state index < -0.39 is 0 Å². The normalized spacial score (nSPS) is 20.7. The number of ether oxygens (including phenoxy) is 1. The first-order valence-corrected chi connectivity index (χ1v) is 7.41. The lowest BCUT2D eigenvalue weighted by atomic mass is 9.71. The molecule has 0 aromatic heterocycles. The van der Waals surface area contributed by atoms with Crippen LogP contribution in [0, 0.1) is 11.3 Å². The summed E-state index contributed by atoms with van der Waals surface area (Å²) in [6, 6.07) is 0.352. The van der Waals surface area contributed by atoms with Gasteiger partial charge in [0, 0.05) is 11.7 Å².